The Morgan fingerprint density at radius 3 is 2.69 bits per heavy atom. The van der Waals surface area contributed by atoms with Crippen molar-refractivity contribution >= 4 is 42.0 Å². The van der Waals surface area contributed by atoms with Crippen LogP contribution in [-0.2, 0) is 19.3 Å². The highest BCUT2D eigenvalue weighted by atomic mass is 35.5. The predicted molar refractivity (Wildman–Crippen MR) is 112 cm³/mol. The van der Waals surface area contributed by atoms with Crippen LogP contribution in [0.4, 0.5) is 5.82 Å². The number of anilines is 1. The quantitative estimate of drug-likeness (QED) is 0.777. The second-order valence-corrected chi connectivity index (χ2v) is 7.67. The Balaban J connectivity index is 0.00000121. The van der Waals surface area contributed by atoms with Crippen molar-refractivity contribution < 1.29 is 0 Å². The van der Waals surface area contributed by atoms with E-state index in [2.05, 4.69) is 15.6 Å². The van der Waals surface area contributed by atoms with Crippen molar-refractivity contribution in [3.8, 4) is 0 Å². The first-order valence-corrected chi connectivity index (χ1v) is 10.0. The molecule has 0 aromatic carbocycles. The maximum Gasteiger partial charge on any atom is 0.134 e. The fourth-order valence-electron chi connectivity index (χ4n) is 3.74. The van der Waals surface area contributed by atoms with E-state index < -0.39 is 0 Å². The molecule has 26 heavy (non-hydrogen) atoms. The van der Waals surface area contributed by atoms with Gasteiger partial charge in [0.05, 0.1) is 10.7 Å². The summed E-state index contributed by atoms with van der Waals surface area (Å²) in [7, 11) is 0. The van der Waals surface area contributed by atoms with E-state index in [1.54, 1.807) is 11.3 Å². The van der Waals surface area contributed by atoms with E-state index in [1.165, 1.54) is 41.9 Å². The number of thiazole rings is 1. The largest absolute Gasteiger partial charge is 0.369 e. The Morgan fingerprint density at radius 2 is 1.92 bits per heavy atom. The minimum absolute atomic E-state index is 0. The molecule has 2 aliphatic rings. The summed E-state index contributed by atoms with van der Waals surface area (Å²) in [5.74, 6) is 2.71. The first kappa shape index (κ1) is 21.4. The molecule has 3 heterocycles. The second-order valence-electron chi connectivity index (χ2n) is 6.69. The third kappa shape index (κ3) is 5.06. The third-order valence-corrected chi connectivity index (χ3v) is 5.87. The molecule has 2 aromatic rings. The molecule has 1 fully saturated rings. The zero-order valence-corrected chi connectivity index (χ0v) is 17.3. The van der Waals surface area contributed by atoms with Gasteiger partial charge >= 0.3 is 0 Å². The van der Waals surface area contributed by atoms with Gasteiger partial charge in [0.15, 0.2) is 0 Å². The minimum Gasteiger partial charge on any atom is -0.369 e. The molecule has 0 radical (unpaired) electrons. The summed E-state index contributed by atoms with van der Waals surface area (Å²) in [6, 6.07) is 0. The molecule has 0 spiro atoms. The van der Waals surface area contributed by atoms with Gasteiger partial charge in [-0.15, -0.1) is 36.2 Å². The van der Waals surface area contributed by atoms with Crippen molar-refractivity contribution in [3.05, 3.63) is 33.7 Å². The molecular weight excluding hydrogens is 389 g/mol. The highest BCUT2D eigenvalue weighted by Gasteiger charge is 2.23. The lowest BCUT2D eigenvalue weighted by atomic mass is 10.0. The number of hydrogen-bond acceptors (Lipinski definition) is 6. The molecule has 1 aliphatic heterocycles. The summed E-state index contributed by atoms with van der Waals surface area (Å²) in [5, 5.41) is 10.3. The minimum atomic E-state index is 0. The molecule has 0 atom stereocenters. The number of aromatic nitrogens is 3. The molecular formula is C18H27Cl2N5S. The standard InChI is InChI=1S/C18H25N5S.2ClH/c1-2-4-13(3-1)17-22-15-6-9-19-8-5-14(15)18(23-17)21-10-7-16-20-11-12-24-16;;/h11-13,19H,1-10H2,(H,21,22,23);2*1H. The van der Waals surface area contributed by atoms with Gasteiger partial charge in [0.2, 0.25) is 0 Å². The molecule has 4 rings (SSSR count). The number of nitrogens with one attached hydrogen (secondary N) is 2. The van der Waals surface area contributed by atoms with Crippen LogP contribution in [0.15, 0.2) is 11.6 Å². The fraction of sp³-hybridized carbons (Fsp3) is 0.611. The van der Waals surface area contributed by atoms with Crippen LogP contribution < -0.4 is 10.6 Å². The summed E-state index contributed by atoms with van der Waals surface area (Å²) < 4.78 is 0. The third-order valence-electron chi connectivity index (χ3n) is 5.04. The van der Waals surface area contributed by atoms with Crippen LogP contribution in [0.5, 0.6) is 0 Å². The van der Waals surface area contributed by atoms with E-state index in [-0.39, 0.29) is 24.8 Å². The molecule has 2 N–H and O–H groups in total. The van der Waals surface area contributed by atoms with Crippen molar-refractivity contribution in [1.29, 1.82) is 0 Å². The monoisotopic (exact) mass is 415 g/mol. The van der Waals surface area contributed by atoms with Gasteiger partial charge in [0.25, 0.3) is 0 Å². The highest BCUT2D eigenvalue weighted by molar-refractivity contribution is 7.09. The Bertz CT molecular complexity index is 674. The summed E-state index contributed by atoms with van der Waals surface area (Å²) >= 11 is 1.72. The van der Waals surface area contributed by atoms with Crippen molar-refractivity contribution in [1.82, 2.24) is 20.3 Å². The maximum absolute atomic E-state index is 4.97. The molecule has 1 aliphatic carbocycles. The van der Waals surface area contributed by atoms with Crippen LogP contribution in [0, 0.1) is 0 Å². The van der Waals surface area contributed by atoms with Gasteiger partial charge in [0.1, 0.15) is 11.6 Å². The number of hydrogen-bond donors (Lipinski definition) is 2. The van der Waals surface area contributed by atoms with Crippen LogP contribution in [-0.4, -0.2) is 34.6 Å². The zero-order chi connectivity index (χ0) is 16.2. The van der Waals surface area contributed by atoms with Crippen molar-refractivity contribution in [2.45, 2.75) is 50.9 Å². The first-order chi connectivity index (χ1) is 11.9. The van der Waals surface area contributed by atoms with E-state index in [9.17, 15) is 0 Å². The van der Waals surface area contributed by atoms with Crippen LogP contribution in [0.1, 0.15) is 53.7 Å². The Hall–Kier alpha value is -0.950. The fourth-order valence-corrected chi connectivity index (χ4v) is 4.36. The van der Waals surface area contributed by atoms with Gasteiger partial charge < -0.3 is 10.6 Å². The Morgan fingerprint density at radius 1 is 1.12 bits per heavy atom. The maximum atomic E-state index is 4.97. The van der Waals surface area contributed by atoms with Crippen LogP contribution in [0.2, 0.25) is 0 Å². The van der Waals surface area contributed by atoms with Gasteiger partial charge in [-0.2, -0.15) is 0 Å². The summed E-state index contributed by atoms with van der Waals surface area (Å²) in [4.78, 5) is 14.3. The van der Waals surface area contributed by atoms with Crippen LogP contribution in [0.25, 0.3) is 0 Å². The van der Waals surface area contributed by atoms with Crippen molar-refractivity contribution in [2.24, 2.45) is 0 Å². The van der Waals surface area contributed by atoms with Crippen LogP contribution in [0.3, 0.4) is 0 Å². The van der Waals surface area contributed by atoms with E-state index in [4.69, 9.17) is 9.97 Å². The molecule has 0 unspecified atom stereocenters. The first-order valence-electron chi connectivity index (χ1n) is 9.13. The summed E-state index contributed by atoms with van der Waals surface area (Å²) in [6.07, 6.45) is 9.98. The molecule has 0 bridgehead atoms. The average Bonchev–Trinajstić information content (AvgIpc) is 3.25. The average molecular weight is 416 g/mol. The lowest BCUT2D eigenvalue weighted by Crippen LogP contribution is -2.16. The SMILES string of the molecule is Cl.Cl.c1csc(CCNc2nc(C3CCCC3)nc3c2CCNCC3)n1. The van der Waals surface area contributed by atoms with Crippen LogP contribution >= 0.6 is 36.2 Å². The van der Waals surface area contributed by atoms with Crippen molar-refractivity contribution in [3.63, 3.8) is 0 Å². The molecule has 144 valence electrons. The topological polar surface area (TPSA) is 62.7 Å². The number of halogens is 2. The molecule has 0 saturated heterocycles. The summed E-state index contributed by atoms with van der Waals surface area (Å²) in [5.41, 5.74) is 2.58. The van der Waals surface area contributed by atoms with Gasteiger partial charge in [-0.05, 0) is 25.8 Å². The van der Waals surface area contributed by atoms with Crippen molar-refractivity contribution in [2.75, 3.05) is 25.0 Å². The van der Waals surface area contributed by atoms with E-state index >= 15 is 0 Å². The number of rotatable bonds is 5. The molecule has 5 nitrogen and oxygen atoms in total. The molecule has 8 heteroatoms. The van der Waals surface area contributed by atoms with E-state index in [1.807, 2.05) is 11.6 Å². The molecule has 1 saturated carbocycles. The van der Waals surface area contributed by atoms with Gasteiger partial charge in [-0.25, -0.2) is 15.0 Å². The Labute approximate surface area is 171 Å². The van der Waals surface area contributed by atoms with Gasteiger partial charge in [0, 0.05) is 49.0 Å². The summed E-state index contributed by atoms with van der Waals surface area (Å²) in [6.45, 7) is 2.92. The van der Waals surface area contributed by atoms with E-state index in [0.29, 0.717) is 5.92 Å². The number of nitrogens with zero attached hydrogens (tertiary/aromatic N) is 3. The zero-order valence-electron chi connectivity index (χ0n) is 14.9. The van der Waals surface area contributed by atoms with Gasteiger partial charge in [-0.3, -0.25) is 0 Å². The second kappa shape index (κ2) is 10.4. The molecule has 0 amide bonds. The Kier molecular flexibility index (Phi) is 8.54. The predicted octanol–water partition coefficient (Wildman–Crippen LogP) is 3.78. The molecule has 2 aromatic heterocycles. The smallest absolute Gasteiger partial charge is 0.134 e. The highest BCUT2D eigenvalue weighted by Crippen LogP contribution is 2.34. The lowest BCUT2D eigenvalue weighted by Gasteiger charge is -2.17. The number of fused-ring (bicyclic) bond motifs is 1. The van der Waals surface area contributed by atoms with Gasteiger partial charge in [-0.1, -0.05) is 12.8 Å². The lowest BCUT2D eigenvalue weighted by molar-refractivity contribution is 0.657. The normalized spacial score (nSPS) is 16.9. The van der Waals surface area contributed by atoms with E-state index in [0.717, 1.165) is 50.5 Å².